The van der Waals surface area contributed by atoms with E-state index in [1.54, 1.807) is 6.20 Å². The molecule has 0 spiro atoms. The van der Waals surface area contributed by atoms with Gasteiger partial charge in [-0.15, -0.1) is 0 Å². The highest BCUT2D eigenvalue weighted by molar-refractivity contribution is 5.30. The van der Waals surface area contributed by atoms with Crippen molar-refractivity contribution in [2.24, 2.45) is 0 Å². The molecule has 0 radical (unpaired) electrons. The molecule has 0 bridgehead atoms. The smallest absolute Gasteiger partial charge is 0.123 e. The predicted molar refractivity (Wildman–Crippen MR) is 64.0 cm³/mol. The van der Waals surface area contributed by atoms with Gasteiger partial charge in [-0.2, -0.15) is 0 Å². The van der Waals surface area contributed by atoms with Gasteiger partial charge in [0.15, 0.2) is 0 Å². The Bertz CT molecular complexity index is 444. The molecule has 0 atom stereocenters. The van der Waals surface area contributed by atoms with Crippen molar-refractivity contribution in [1.82, 2.24) is 14.5 Å². The molecule has 2 aromatic rings. The topological polar surface area (TPSA) is 56.7 Å². The maximum absolute atomic E-state index is 5.55. The normalized spacial score (nSPS) is 10.6. The van der Waals surface area contributed by atoms with Crippen molar-refractivity contribution in [3.8, 4) is 0 Å². The molecule has 84 valence electrons. The first kappa shape index (κ1) is 10.7. The third-order valence-electron chi connectivity index (χ3n) is 2.48. The van der Waals surface area contributed by atoms with Crippen molar-refractivity contribution >= 4 is 5.82 Å². The van der Waals surface area contributed by atoms with E-state index in [1.165, 1.54) is 0 Å². The van der Waals surface area contributed by atoms with Crippen molar-refractivity contribution in [2.45, 2.75) is 26.3 Å². The molecule has 2 heterocycles. The molecule has 0 saturated heterocycles. The molecule has 4 heteroatoms. The van der Waals surface area contributed by atoms with Gasteiger partial charge in [0, 0.05) is 31.6 Å². The van der Waals surface area contributed by atoms with Gasteiger partial charge in [0.1, 0.15) is 11.6 Å². The van der Waals surface area contributed by atoms with Gasteiger partial charge >= 0.3 is 0 Å². The first-order valence-corrected chi connectivity index (χ1v) is 5.50. The van der Waals surface area contributed by atoms with Gasteiger partial charge in [0.2, 0.25) is 0 Å². The van der Waals surface area contributed by atoms with Crippen molar-refractivity contribution in [2.75, 3.05) is 5.73 Å². The number of aromatic nitrogens is 3. The van der Waals surface area contributed by atoms with E-state index in [1.807, 2.05) is 24.5 Å². The first-order valence-electron chi connectivity index (χ1n) is 5.50. The van der Waals surface area contributed by atoms with Crippen molar-refractivity contribution in [3.05, 3.63) is 42.1 Å². The van der Waals surface area contributed by atoms with Crippen LogP contribution in [0, 0.1) is 0 Å². The highest BCUT2D eigenvalue weighted by atomic mass is 15.1. The molecule has 2 aromatic heterocycles. The fraction of sp³-hybridized carbons (Fsp3) is 0.333. The summed E-state index contributed by atoms with van der Waals surface area (Å²) in [6.07, 6.45) is 7.59. The van der Waals surface area contributed by atoms with Crippen molar-refractivity contribution < 1.29 is 0 Å². The molecule has 0 aliphatic heterocycles. The van der Waals surface area contributed by atoms with Crippen molar-refractivity contribution in [3.63, 3.8) is 0 Å². The predicted octanol–water partition coefficient (Wildman–Crippen LogP) is 1.86. The molecule has 16 heavy (non-hydrogen) atoms. The summed E-state index contributed by atoms with van der Waals surface area (Å²) in [7, 11) is 0. The molecular weight excluding hydrogens is 200 g/mol. The molecule has 2 rings (SSSR count). The minimum Gasteiger partial charge on any atom is -0.384 e. The number of hydrogen-bond donors (Lipinski definition) is 1. The number of nitrogen functional groups attached to an aromatic ring is 1. The molecule has 0 aliphatic rings. The number of hydrogen-bond acceptors (Lipinski definition) is 3. The number of rotatable bonds is 4. The van der Waals surface area contributed by atoms with Gasteiger partial charge < -0.3 is 10.3 Å². The second kappa shape index (κ2) is 4.79. The number of aryl methyl sites for hydroxylation is 1. The van der Waals surface area contributed by atoms with E-state index < -0.39 is 0 Å². The average molecular weight is 216 g/mol. The van der Waals surface area contributed by atoms with Crippen LogP contribution in [-0.2, 0) is 13.0 Å². The number of pyridine rings is 1. The van der Waals surface area contributed by atoms with Crippen LogP contribution >= 0.6 is 0 Å². The van der Waals surface area contributed by atoms with Crippen LogP contribution in [0.5, 0.6) is 0 Å². The van der Waals surface area contributed by atoms with Crippen LogP contribution in [-0.4, -0.2) is 14.5 Å². The molecule has 2 N–H and O–H groups in total. The summed E-state index contributed by atoms with van der Waals surface area (Å²) in [6, 6.07) is 3.82. The van der Waals surface area contributed by atoms with E-state index in [0.29, 0.717) is 5.82 Å². The van der Waals surface area contributed by atoms with E-state index >= 15 is 0 Å². The molecule has 0 fully saturated rings. The standard InChI is InChI=1S/C12H16N4/c1-2-6-16-7-5-14-12(16)8-10-3-4-11(13)15-9-10/h3-5,7,9H,2,6,8H2,1H3,(H2,13,15). The van der Waals surface area contributed by atoms with Gasteiger partial charge in [0.05, 0.1) is 0 Å². The number of nitrogens with zero attached hydrogens (tertiary/aromatic N) is 3. The number of imidazole rings is 1. The first-order chi connectivity index (χ1) is 7.79. The zero-order valence-corrected chi connectivity index (χ0v) is 9.43. The van der Waals surface area contributed by atoms with Crippen molar-refractivity contribution in [1.29, 1.82) is 0 Å². The van der Waals surface area contributed by atoms with E-state index in [2.05, 4.69) is 21.5 Å². The van der Waals surface area contributed by atoms with E-state index in [4.69, 9.17) is 5.73 Å². The van der Waals surface area contributed by atoms with Crippen LogP contribution in [0.3, 0.4) is 0 Å². The van der Waals surface area contributed by atoms with Crippen LogP contribution in [0.4, 0.5) is 5.82 Å². The monoisotopic (exact) mass is 216 g/mol. The highest BCUT2D eigenvalue weighted by Crippen LogP contribution is 2.08. The lowest BCUT2D eigenvalue weighted by atomic mass is 10.2. The van der Waals surface area contributed by atoms with Crippen LogP contribution in [0.15, 0.2) is 30.7 Å². The summed E-state index contributed by atoms with van der Waals surface area (Å²) in [4.78, 5) is 8.43. The maximum atomic E-state index is 5.55. The Hall–Kier alpha value is -1.84. The fourth-order valence-electron chi connectivity index (χ4n) is 1.67. The van der Waals surface area contributed by atoms with Crippen LogP contribution in [0.2, 0.25) is 0 Å². The second-order valence-electron chi connectivity index (χ2n) is 3.80. The highest BCUT2D eigenvalue weighted by Gasteiger charge is 2.03. The Labute approximate surface area is 95.1 Å². The van der Waals surface area contributed by atoms with Gasteiger partial charge in [-0.1, -0.05) is 13.0 Å². The summed E-state index contributed by atoms with van der Waals surface area (Å²) in [5, 5.41) is 0. The molecule has 0 aliphatic carbocycles. The lowest BCUT2D eigenvalue weighted by Gasteiger charge is -2.06. The summed E-state index contributed by atoms with van der Waals surface area (Å²) in [5.74, 6) is 1.63. The van der Waals surface area contributed by atoms with Crippen LogP contribution in [0.1, 0.15) is 24.7 Å². The zero-order valence-electron chi connectivity index (χ0n) is 9.43. The number of nitrogens with two attached hydrogens (primary N) is 1. The molecule has 4 nitrogen and oxygen atoms in total. The van der Waals surface area contributed by atoms with Crippen LogP contribution in [0.25, 0.3) is 0 Å². The lowest BCUT2D eigenvalue weighted by molar-refractivity contribution is 0.646. The third-order valence-corrected chi connectivity index (χ3v) is 2.48. The Kier molecular flexibility index (Phi) is 3.19. The Morgan fingerprint density at radius 1 is 1.31 bits per heavy atom. The van der Waals surface area contributed by atoms with Gasteiger partial charge in [-0.3, -0.25) is 0 Å². The molecule has 0 saturated carbocycles. The Morgan fingerprint density at radius 3 is 2.88 bits per heavy atom. The minimum absolute atomic E-state index is 0.556. The summed E-state index contributed by atoms with van der Waals surface area (Å²) in [6.45, 7) is 3.17. The SMILES string of the molecule is CCCn1ccnc1Cc1ccc(N)nc1. The number of anilines is 1. The molecule has 0 amide bonds. The summed E-state index contributed by atoms with van der Waals surface area (Å²) < 4.78 is 2.18. The van der Waals surface area contributed by atoms with Gasteiger partial charge in [-0.25, -0.2) is 9.97 Å². The third kappa shape index (κ3) is 2.39. The lowest BCUT2D eigenvalue weighted by Crippen LogP contribution is -2.03. The molecule has 0 unspecified atom stereocenters. The summed E-state index contributed by atoms with van der Waals surface area (Å²) in [5.41, 5.74) is 6.68. The summed E-state index contributed by atoms with van der Waals surface area (Å²) >= 11 is 0. The quantitative estimate of drug-likeness (QED) is 0.848. The van der Waals surface area contributed by atoms with E-state index in [-0.39, 0.29) is 0 Å². The van der Waals surface area contributed by atoms with E-state index in [9.17, 15) is 0 Å². The Balaban J connectivity index is 2.13. The molecular formula is C12H16N4. The molecule has 0 aromatic carbocycles. The minimum atomic E-state index is 0.556. The van der Waals surface area contributed by atoms with E-state index in [0.717, 1.165) is 30.8 Å². The van der Waals surface area contributed by atoms with Gasteiger partial charge in [-0.05, 0) is 18.1 Å². The fourth-order valence-corrected chi connectivity index (χ4v) is 1.67. The maximum Gasteiger partial charge on any atom is 0.123 e. The Morgan fingerprint density at radius 2 is 2.19 bits per heavy atom. The second-order valence-corrected chi connectivity index (χ2v) is 3.80. The van der Waals surface area contributed by atoms with Crippen LogP contribution < -0.4 is 5.73 Å². The van der Waals surface area contributed by atoms with Gasteiger partial charge in [0.25, 0.3) is 0 Å². The largest absolute Gasteiger partial charge is 0.384 e. The average Bonchev–Trinajstić information content (AvgIpc) is 2.70. The zero-order chi connectivity index (χ0) is 11.4.